The summed E-state index contributed by atoms with van der Waals surface area (Å²) >= 11 is 0. The summed E-state index contributed by atoms with van der Waals surface area (Å²) in [7, 11) is -3.73. The number of carbonyl (C=O) groups is 1. The number of hydrogen-bond acceptors (Lipinski definition) is 4. The Morgan fingerprint density at radius 1 is 0.846 bits per heavy atom. The molecule has 0 saturated heterocycles. The Morgan fingerprint density at radius 3 is 2.27 bits per heavy atom. The Morgan fingerprint density at radius 2 is 1.54 bits per heavy atom. The number of aromatic nitrogens is 1. The van der Waals surface area contributed by atoms with Crippen LogP contribution in [0.15, 0.2) is 82.5 Å². The molecular formula is C18H15N3O4S. The number of aromatic amines is 1. The first-order valence-corrected chi connectivity index (χ1v) is 9.11. The maximum atomic E-state index is 12.4. The van der Waals surface area contributed by atoms with Gasteiger partial charge in [0, 0.05) is 11.8 Å². The van der Waals surface area contributed by atoms with Crippen LogP contribution in [0.1, 0.15) is 10.5 Å². The van der Waals surface area contributed by atoms with Crippen molar-refractivity contribution in [3.8, 4) is 0 Å². The third-order valence-corrected chi connectivity index (χ3v) is 4.84. The van der Waals surface area contributed by atoms with Crippen LogP contribution in [-0.2, 0) is 10.0 Å². The van der Waals surface area contributed by atoms with E-state index >= 15 is 0 Å². The van der Waals surface area contributed by atoms with Crippen molar-refractivity contribution in [3.05, 3.63) is 88.8 Å². The third-order valence-electron chi connectivity index (χ3n) is 3.44. The molecule has 0 aliphatic rings. The van der Waals surface area contributed by atoms with Gasteiger partial charge in [-0.15, -0.1) is 0 Å². The van der Waals surface area contributed by atoms with E-state index in [4.69, 9.17) is 0 Å². The molecule has 3 aromatic rings. The first-order chi connectivity index (χ1) is 12.4. The zero-order valence-corrected chi connectivity index (χ0v) is 14.3. The fourth-order valence-corrected chi connectivity index (χ4v) is 3.32. The summed E-state index contributed by atoms with van der Waals surface area (Å²) in [5.74, 6) is -0.509. The second kappa shape index (κ2) is 7.24. The number of H-pyrrole nitrogens is 1. The number of anilines is 2. The van der Waals surface area contributed by atoms with Gasteiger partial charge in [0.2, 0.25) is 5.56 Å². The van der Waals surface area contributed by atoms with Crippen molar-refractivity contribution in [1.82, 2.24) is 4.98 Å². The van der Waals surface area contributed by atoms with Gasteiger partial charge in [-0.1, -0.05) is 30.3 Å². The minimum absolute atomic E-state index is 0.104. The summed E-state index contributed by atoms with van der Waals surface area (Å²) in [4.78, 5) is 26.0. The average molecular weight is 369 g/mol. The van der Waals surface area contributed by atoms with Crippen LogP contribution in [0.2, 0.25) is 0 Å². The monoisotopic (exact) mass is 369 g/mol. The van der Waals surface area contributed by atoms with Crippen LogP contribution < -0.4 is 15.6 Å². The summed E-state index contributed by atoms with van der Waals surface area (Å²) in [6.45, 7) is 0. The molecule has 26 heavy (non-hydrogen) atoms. The van der Waals surface area contributed by atoms with Crippen LogP contribution in [0.25, 0.3) is 0 Å². The van der Waals surface area contributed by atoms with Gasteiger partial charge in [0.25, 0.3) is 15.9 Å². The van der Waals surface area contributed by atoms with E-state index in [0.717, 1.165) is 0 Å². The summed E-state index contributed by atoms with van der Waals surface area (Å²) in [5, 5.41) is 2.61. The highest BCUT2D eigenvalue weighted by atomic mass is 32.2. The standard InChI is InChI=1S/C18H15N3O4S/c22-17-11-5-10-16(20-17)18(23)19-13-6-4-7-14(12-13)21-26(24,25)15-8-2-1-3-9-15/h1-12,21H,(H,19,23)(H,20,22). The van der Waals surface area contributed by atoms with Crippen molar-refractivity contribution in [1.29, 1.82) is 0 Å². The molecule has 0 saturated carbocycles. The normalized spacial score (nSPS) is 10.9. The molecule has 0 bridgehead atoms. The van der Waals surface area contributed by atoms with Crippen molar-refractivity contribution in [2.24, 2.45) is 0 Å². The third kappa shape index (κ3) is 4.17. The molecule has 1 amide bonds. The van der Waals surface area contributed by atoms with Gasteiger partial charge in [0.1, 0.15) is 5.69 Å². The van der Waals surface area contributed by atoms with Gasteiger partial charge in [-0.2, -0.15) is 0 Å². The zero-order chi connectivity index (χ0) is 18.6. The lowest BCUT2D eigenvalue weighted by Gasteiger charge is -2.10. The SMILES string of the molecule is O=C(Nc1cccc(NS(=O)(=O)c2ccccc2)c1)c1cccc(=O)[nH]1. The van der Waals surface area contributed by atoms with Crippen LogP contribution in [0, 0.1) is 0 Å². The Hall–Kier alpha value is -3.39. The number of pyridine rings is 1. The number of rotatable bonds is 5. The number of sulfonamides is 1. The van der Waals surface area contributed by atoms with Crippen LogP contribution in [0.4, 0.5) is 11.4 Å². The van der Waals surface area contributed by atoms with Gasteiger partial charge < -0.3 is 10.3 Å². The number of benzene rings is 2. The first-order valence-electron chi connectivity index (χ1n) is 7.63. The van der Waals surface area contributed by atoms with E-state index in [-0.39, 0.29) is 16.1 Å². The lowest BCUT2D eigenvalue weighted by Crippen LogP contribution is -2.18. The van der Waals surface area contributed by atoms with E-state index in [1.807, 2.05) is 0 Å². The van der Waals surface area contributed by atoms with Gasteiger partial charge in [0.15, 0.2) is 0 Å². The predicted octanol–water partition coefficient (Wildman–Crippen LogP) is 2.43. The number of hydrogen-bond donors (Lipinski definition) is 3. The minimum atomic E-state index is -3.73. The van der Waals surface area contributed by atoms with E-state index in [1.165, 1.54) is 36.4 Å². The Kier molecular flexibility index (Phi) is 4.85. The molecule has 0 aliphatic heterocycles. The second-order valence-corrected chi connectivity index (χ2v) is 7.06. The maximum Gasteiger partial charge on any atom is 0.272 e. The average Bonchev–Trinajstić information content (AvgIpc) is 2.62. The molecule has 0 atom stereocenters. The fraction of sp³-hybridized carbons (Fsp3) is 0. The Balaban J connectivity index is 1.78. The van der Waals surface area contributed by atoms with Gasteiger partial charge in [0.05, 0.1) is 10.6 Å². The van der Waals surface area contributed by atoms with Crippen molar-refractivity contribution in [3.63, 3.8) is 0 Å². The molecule has 0 fully saturated rings. The topological polar surface area (TPSA) is 108 Å². The van der Waals surface area contributed by atoms with Gasteiger partial charge in [-0.25, -0.2) is 8.42 Å². The molecular weight excluding hydrogens is 354 g/mol. The summed E-state index contributed by atoms with van der Waals surface area (Å²) < 4.78 is 27.2. The molecule has 8 heteroatoms. The Labute approximate surface area is 149 Å². The number of nitrogens with one attached hydrogen (secondary N) is 3. The number of carbonyl (C=O) groups excluding carboxylic acids is 1. The van der Waals surface area contributed by atoms with Gasteiger partial charge >= 0.3 is 0 Å². The van der Waals surface area contributed by atoms with Gasteiger partial charge in [-0.3, -0.25) is 14.3 Å². The fourth-order valence-electron chi connectivity index (χ4n) is 2.25. The zero-order valence-electron chi connectivity index (χ0n) is 13.5. The van der Waals surface area contributed by atoms with E-state index in [0.29, 0.717) is 11.4 Å². The molecule has 3 rings (SSSR count). The Bertz CT molecular complexity index is 1090. The largest absolute Gasteiger partial charge is 0.321 e. The highest BCUT2D eigenvalue weighted by Crippen LogP contribution is 2.19. The van der Waals surface area contributed by atoms with E-state index in [9.17, 15) is 18.0 Å². The molecule has 1 heterocycles. The van der Waals surface area contributed by atoms with Crippen molar-refractivity contribution < 1.29 is 13.2 Å². The first kappa shape index (κ1) is 17.4. The molecule has 7 nitrogen and oxygen atoms in total. The minimum Gasteiger partial charge on any atom is -0.321 e. The van der Waals surface area contributed by atoms with E-state index < -0.39 is 15.9 Å². The van der Waals surface area contributed by atoms with Crippen LogP contribution in [0.5, 0.6) is 0 Å². The summed E-state index contributed by atoms with van der Waals surface area (Å²) in [6.07, 6.45) is 0. The van der Waals surface area contributed by atoms with Crippen molar-refractivity contribution in [2.45, 2.75) is 4.90 Å². The smallest absolute Gasteiger partial charge is 0.272 e. The molecule has 132 valence electrons. The molecule has 0 unspecified atom stereocenters. The molecule has 1 aromatic heterocycles. The highest BCUT2D eigenvalue weighted by Gasteiger charge is 2.14. The predicted molar refractivity (Wildman–Crippen MR) is 98.7 cm³/mol. The summed E-state index contributed by atoms with van der Waals surface area (Å²) in [6, 6.07) is 18.5. The van der Waals surface area contributed by atoms with Crippen LogP contribution >= 0.6 is 0 Å². The second-order valence-electron chi connectivity index (χ2n) is 5.38. The molecule has 2 aromatic carbocycles. The van der Waals surface area contributed by atoms with E-state index in [2.05, 4.69) is 15.0 Å². The number of amides is 1. The van der Waals surface area contributed by atoms with E-state index in [1.54, 1.807) is 36.4 Å². The molecule has 0 aliphatic carbocycles. The van der Waals surface area contributed by atoms with Crippen LogP contribution in [-0.4, -0.2) is 19.3 Å². The highest BCUT2D eigenvalue weighted by molar-refractivity contribution is 7.92. The molecule has 0 spiro atoms. The molecule has 0 radical (unpaired) electrons. The van der Waals surface area contributed by atoms with Crippen LogP contribution in [0.3, 0.4) is 0 Å². The van der Waals surface area contributed by atoms with Gasteiger partial charge in [-0.05, 0) is 36.4 Å². The molecule has 3 N–H and O–H groups in total. The quantitative estimate of drug-likeness (QED) is 0.642. The summed E-state index contributed by atoms with van der Waals surface area (Å²) in [5.41, 5.74) is 0.399. The maximum absolute atomic E-state index is 12.4. The lowest BCUT2D eigenvalue weighted by molar-refractivity contribution is 0.102. The lowest BCUT2D eigenvalue weighted by atomic mass is 10.2. The van der Waals surface area contributed by atoms with Crippen molar-refractivity contribution >= 4 is 27.3 Å². The van der Waals surface area contributed by atoms with Crippen molar-refractivity contribution in [2.75, 3.05) is 10.0 Å².